The van der Waals surface area contributed by atoms with Crippen LogP contribution in [0.4, 0.5) is 5.69 Å². The van der Waals surface area contributed by atoms with Crippen LogP contribution in [0.1, 0.15) is 19.8 Å². The van der Waals surface area contributed by atoms with Crippen molar-refractivity contribution in [2.45, 2.75) is 19.8 Å². The number of carbonyl (C=O) groups is 2. The third-order valence-electron chi connectivity index (χ3n) is 2.46. The SMILES string of the molecule is CCOc1ccc(NC(=S)NC(=O)CCC(=O)OC)cc1. The molecular formula is C14H18N2O4S. The molecule has 0 heterocycles. The maximum absolute atomic E-state index is 11.5. The van der Waals surface area contributed by atoms with E-state index in [0.717, 1.165) is 11.4 Å². The Hall–Kier alpha value is -2.15. The second-order valence-electron chi connectivity index (χ2n) is 4.04. The summed E-state index contributed by atoms with van der Waals surface area (Å²) in [6, 6.07) is 7.18. The molecule has 6 nitrogen and oxygen atoms in total. The van der Waals surface area contributed by atoms with Crippen LogP contribution in [0, 0.1) is 0 Å². The van der Waals surface area contributed by atoms with Crippen LogP contribution in [-0.4, -0.2) is 30.7 Å². The number of hydrogen-bond acceptors (Lipinski definition) is 5. The van der Waals surface area contributed by atoms with Gasteiger partial charge in [-0.2, -0.15) is 0 Å². The van der Waals surface area contributed by atoms with Crippen molar-refractivity contribution in [1.82, 2.24) is 5.32 Å². The highest BCUT2D eigenvalue weighted by molar-refractivity contribution is 7.80. The molecule has 1 aromatic carbocycles. The van der Waals surface area contributed by atoms with Crippen molar-refractivity contribution in [3.63, 3.8) is 0 Å². The lowest BCUT2D eigenvalue weighted by molar-refractivity contribution is -0.142. The monoisotopic (exact) mass is 310 g/mol. The molecule has 2 N–H and O–H groups in total. The predicted molar refractivity (Wildman–Crippen MR) is 83.2 cm³/mol. The molecule has 114 valence electrons. The Labute approximate surface area is 128 Å². The molecule has 0 atom stereocenters. The van der Waals surface area contributed by atoms with Crippen LogP contribution in [0.25, 0.3) is 0 Å². The Bertz CT molecular complexity index is 502. The molecule has 0 spiro atoms. The van der Waals surface area contributed by atoms with Gasteiger partial charge < -0.3 is 20.1 Å². The molecule has 21 heavy (non-hydrogen) atoms. The van der Waals surface area contributed by atoms with Gasteiger partial charge in [0.1, 0.15) is 5.75 Å². The van der Waals surface area contributed by atoms with Gasteiger partial charge in [-0.3, -0.25) is 9.59 Å². The highest BCUT2D eigenvalue weighted by Crippen LogP contribution is 2.15. The summed E-state index contributed by atoms with van der Waals surface area (Å²) in [4.78, 5) is 22.5. The summed E-state index contributed by atoms with van der Waals surface area (Å²) < 4.78 is 9.77. The van der Waals surface area contributed by atoms with Gasteiger partial charge in [-0.1, -0.05) is 0 Å². The van der Waals surface area contributed by atoms with Gasteiger partial charge in [0, 0.05) is 12.1 Å². The first-order chi connectivity index (χ1) is 10.0. The topological polar surface area (TPSA) is 76.7 Å². The molecule has 0 unspecified atom stereocenters. The van der Waals surface area contributed by atoms with E-state index in [1.54, 1.807) is 24.3 Å². The summed E-state index contributed by atoms with van der Waals surface area (Å²) >= 11 is 5.01. The lowest BCUT2D eigenvalue weighted by Crippen LogP contribution is -2.34. The van der Waals surface area contributed by atoms with E-state index in [9.17, 15) is 9.59 Å². The number of carbonyl (C=O) groups excluding carboxylic acids is 2. The fraction of sp³-hybridized carbons (Fsp3) is 0.357. The van der Waals surface area contributed by atoms with Crippen LogP contribution >= 0.6 is 12.2 Å². The summed E-state index contributed by atoms with van der Waals surface area (Å²) in [5.41, 5.74) is 0.733. The zero-order chi connectivity index (χ0) is 15.7. The van der Waals surface area contributed by atoms with Gasteiger partial charge >= 0.3 is 5.97 Å². The van der Waals surface area contributed by atoms with E-state index in [0.29, 0.717) is 6.61 Å². The first-order valence-electron chi connectivity index (χ1n) is 6.45. The van der Waals surface area contributed by atoms with E-state index in [-0.39, 0.29) is 23.9 Å². The molecule has 0 saturated carbocycles. The minimum Gasteiger partial charge on any atom is -0.494 e. The second-order valence-corrected chi connectivity index (χ2v) is 4.44. The van der Waals surface area contributed by atoms with Crippen LogP contribution in [0.15, 0.2) is 24.3 Å². The van der Waals surface area contributed by atoms with Gasteiger partial charge in [0.15, 0.2) is 5.11 Å². The highest BCUT2D eigenvalue weighted by Gasteiger charge is 2.08. The summed E-state index contributed by atoms with van der Waals surface area (Å²) in [6.07, 6.45) is 0.0474. The van der Waals surface area contributed by atoms with Crippen LogP contribution in [-0.2, 0) is 14.3 Å². The van der Waals surface area contributed by atoms with Crippen molar-refractivity contribution in [2.75, 3.05) is 19.0 Å². The Balaban J connectivity index is 2.39. The molecule has 1 rings (SSSR count). The molecule has 0 aliphatic carbocycles. The van der Waals surface area contributed by atoms with Crippen molar-refractivity contribution in [3.05, 3.63) is 24.3 Å². The molecule has 1 amide bonds. The lowest BCUT2D eigenvalue weighted by Gasteiger charge is -2.10. The van der Waals surface area contributed by atoms with E-state index in [1.165, 1.54) is 7.11 Å². The van der Waals surface area contributed by atoms with Crippen LogP contribution < -0.4 is 15.4 Å². The first-order valence-corrected chi connectivity index (χ1v) is 6.86. The number of esters is 1. The predicted octanol–water partition coefficient (Wildman–Crippen LogP) is 1.85. The minimum atomic E-state index is -0.435. The van der Waals surface area contributed by atoms with E-state index >= 15 is 0 Å². The Morgan fingerprint density at radius 2 is 1.86 bits per heavy atom. The number of benzene rings is 1. The number of hydrogen-bond donors (Lipinski definition) is 2. The fourth-order valence-corrected chi connectivity index (χ4v) is 1.70. The molecule has 0 bridgehead atoms. The van der Waals surface area contributed by atoms with Gasteiger partial charge in [0.2, 0.25) is 5.91 Å². The zero-order valence-electron chi connectivity index (χ0n) is 12.0. The average molecular weight is 310 g/mol. The molecule has 0 aliphatic heterocycles. The molecule has 0 aromatic heterocycles. The van der Waals surface area contributed by atoms with Crippen LogP contribution in [0.2, 0.25) is 0 Å². The Morgan fingerprint density at radius 3 is 2.43 bits per heavy atom. The average Bonchev–Trinajstić information content (AvgIpc) is 2.47. The van der Waals surface area contributed by atoms with E-state index in [4.69, 9.17) is 17.0 Å². The van der Waals surface area contributed by atoms with Crippen molar-refractivity contribution >= 4 is 34.9 Å². The van der Waals surface area contributed by atoms with Crippen molar-refractivity contribution < 1.29 is 19.1 Å². The quantitative estimate of drug-likeness (QED) is 0.617. The number of nitrogens with one attached hydrogen (secondary N) is 2. The van der Waals surface area contributed by atoms with Crippen molar-refractivity contribution in [2.24, 2.45) is 0 Å². The van der Waals surface area contributed by atoms with E-state index < -0.39 is 5.97 Å². The summed E-state index contributed by atoms with van der Waals surface area (Å²) in [5, 5.41) is 5.54. The van der Waals surface area contributed by atoms with E-state index in [2.05, 4.69) is 15.4 Å². The van der Waals surface area contributed by atoms with Gasteiger partial charge in [-0.15, -0.1) is 0 Å². The van der Waals surface area contributed by atoms with Gasteiger partial charge in [-0.25, -0.2) is 0 Å². The van der Waals surface area contributed by atoms with Crippen LogP contribution in [0.3, 0.4) is 0 Å². The van der Waals surface area contributed by atoms with Gasteiger partial charge in [0.05, 0.1) is 20.1 Å². The molecule has 0 saturated heterocycles. The maximum Gasteiger partial charge on any atom is 0.306 e. The highest BCUT2D eigenvalue weighted by atomic mass is 32.1. The summed E-state index contributed by atoms with van der Waals surface area (Å²) in [7, 11) is 1.28. The number of rotatable bonds is 6. The molecule has 0 radical (unpaired) electrons. The summed E-state index contributed by atoms with van der Waals surface area (Å²) in [6.45, 7) is 2.51. The minimum absolute atomic E-state index is 0.0218. The third-order valence-corrected chi connectivity index (χ3v) is 2.66. The van der Waals surface area contributed by atoms with Gasteiger partial charge in [0.25, 0.3) is 0 Å². The standard InChI is InChI=1S/C14H18N2O4S/c1-3-20-11-6-4-10(5-7-11)15-14(21)16-12(17)8-9-13(18)19-2/h4-7H,3,8-9H2,1-2H3,(H2,15,16,17,21). The molecular weight excluding hydrogens is 292 g/mol. The summed E-state index contributed by atoms with van der Waals surface area (Å²) in [5.74, 6) is -0.0181. The normalized spacial score (nSPS) is 9.62. The molecule has 1 aromatic rings. The van der Waals surface area contributed by atoms with Crippen molar-refractivity contribution in [3.8, 4) is 5.75 Å². The number of methoxy groups -OCH3 is 1. The number of amides is 1. The molecule has 7 heteroatoms. The van der Waals surface area contributed by atoms with Crippen LogP contribution in [0.5, 0.6) is 5.75 Å². The van der Waals surface area contributed by atoms with E-state index in [1.807, 2.05) is 6.92 Å². The Morgan fingerprint density at radius 1 is 1.19 bits per heavy atom. The fourth-order valence-electron chi connectivity index (χ4n) is 1.47. The number of thiocarbonyl (C=S) groups is 1. The lowest BCUT2D eigenvalue weighted by atomic mass is 10.3. The van der Waals surface area contributed by atoms with Gasteiger partial charge in [-0.05, 0) is 43.4 Å². The van der Waals surface area contributed by atoms with Crippen molar-refractivity contribution in [1.29, 1.82) is 0 Å². The largest absolute Gasteiger partial charge is 0.494 e. The zero-order valence-corrected chi connectivity index (χ0v) is 12.8. The Kier molecular flexibility index (Phi) is 7.17. The smallest absolute Gasteiger partial charge is 0.306 e. The molecule has 0 aliphatic rings. The maximum atomic E-state index is 11.5. The third kappa shape index (κ3) is 6.71. The molecule has 0 fully saturated rings. The second kappa shape index (κ2) is 8.91. The number of anilines is 1. The number of ether oxygens (including phenoxy) is 2. The first kappa shape index (κ1) is 16.9.